The van der Waals surface area contributed by atoms with Crippen LogP contribution in [-0.4, -0.2) is 55.2 Å². The smallest absolute Gasteiger partial charge is 0.364 e. The average Bonchev–Trinajstić information content (AvgIpc) is 2.90. The number of carbonyl (C=O) groups is 2. The standard InChI is InChI=1S/C29H37NO7/c1-3-4-5-8-16-30-24-9-6-7-10-25(24)37-26(27(30)31)15-17-34-23-13-11-21(12-14-23)18-22-19-35-29(2,28(32)33)36-20-22/h6-7,9-14,22,26H,3-5,8,15-20H2,1-2H3,(H,32,33). The van der Waals surface area contributed by atoms with Crippen LogP contribution in [0.3, 0.4) is 0 Å². The summed E-state index contributed by atoms with van der Waals surface area (Å²) < 4.78 is 22.8. The molecule has 2 aliphatic heterocycles. The molecule has 37 heavy (non-hydrogen) atoms. The minimum absolute atomic E-state index is 0.00920. The van der Waals surface area contributed by atoms with Crippen molar-refractivity contribution in [1.82, 2.24) is 0 Å². The van der Waals surface area contributed by atoms with E-state index in [1.165, 1.54) is 13.3 Å². The van der Waals surface area contributed by atoms with Gasteiger partial charge in [0.15, 0.2) is 6.10 Å². The van der Waals surface area contributed by atoms with Gasteiger partial charge in [0, 0.05) is 25.8 Å². The summed E-state index contributed by atoms with van der Waals surface area (Å²) in [7, 11) is 0. The van der Waals surface area contributed by atoms with E-state index in [0.29, 0.717) is 39.2 Å². The van der Waals surface area contributed by atoms with Crippen molar-refractivity contribution >= 4 is 17.6 Å². The van der Waals surface area contributed by atoms with E-state index in [0.717, 1.165) is 42.0 Å². The van der Waals surface area contributed by atoms with Crippen molar-refractivity contribution in [3.8, 4) is 11.5 Å². The maximum absolute atomic E-state index is 13.2. The molecule has 2 heterocycles. The quantitative estimate of drug-likeness (QED) is 0.408. The highest BCUT2D eigenvalue weighted by molar-refractivity contribution is 6.00. The number of fused-ring (bicyclic) bond motifs is 1. The minimum atomic E-state index is -1.56. The molecule has 2 aliphatic rings. The molecule has 1 N–H and O–H groups in total. The van der Waals surface area contributed by atoms with E-state index in [-0.39, 0.29) is 11.8 Å². The number of nitrogens with zero attached hydrogens (tertiary/aromatic N) is 1. The fourth-order valence-corrected chi connectivity index (χ4v) is 4.61. The number of hydrogen-bond donors (Lipinski definition) is 1. The number of benzene rings is 2. The molecule has 1 fully saturated rings. The molecule has 8 nitrogen and oxygen atoms in total. The molecule has 1 unspecified atom stereocenters. The zero-order chi connectivity index (χ0) is 26.3. The summed E-state index contributed by atoms with van der Waals surface area (Å²) in [6, 6.07) is 15.5. The summed E-state index contributed by atoms with van der Waals surface area (Å²) in [4.78, 5) is 26.3. The Kier molecular flexibility index (Phi) is 9.05. The Bertz CT molecular complexity index is 1050. The van der Waals surface area contributed by atoms with Crippen molar-refractivity contribution in [2.24, 2.45) is 5.92 Å². The number of ether oxygens (including phenoxy) is 4. The van der Waals surface area contributed by atoms with Gasteiger partial charge < -0.3 is 29.0 Å². The first kappa shape index (κ1) is 26.9. The van der Waals surface area contributed by atoms with Gasteiger partial charge in [-0.25, -0.2) is 4.79 Å². The summed E-state index contributed by atoms with van der Waals surface area (Å²) in [5, 5.41) is 9.19. The lowest BCUT2D eigenvalue weighted by Crippen LogP contribution is -2.48. The van der Waals surface area contributed by atoms with Crippen molar-refractivity contribution in [3.63, 3.8) is 0 Å². The number of carbonyl (C=O) groups excluding carboxylic acids is 1. The van der Waals surface area contributed by atoms with Crippen LogP contribution in [0.1, 0.15) is 51.5 Å². The number of aliphatic carboxylic acids is 1. The zero-order valence-electron chi connectivity index (χ0n) is 21.7. The van der Waals surface area contributed by atoms with Crippen LogP contribution in [0.4, 0.5) is 5.69 Å². The molecule has 8 heteroatoms. The molecule has 2 aromatic carbocycles. The molecule has 0 saturated carbocycles. The van der Waals surface area contributed by atoms with E-state index in [2.05, 4.69) is 6.92 Å². The number of hydrogen-bond acceptors (Lipinski definition) is 6. The van der Waals surface area contributed by atoms with Gasteiger partial charge in [0.05, 0.1) is 25.5 Å². The molecule has 0 bridgehead atoms. The highest BCUT2D eigenvalue weighted by Gasteiger charge is 2.40. The first-order chi connectivity index (χ1) is 17.9. The third-order valence-corrected chi connectivity index (χ3v) is 6.88. The average molecular weight is 512 g/mol. The summed E-state index contributed by atoms with van der Waals surface area (Å²) in [6.45, 7) is 5.32. The molecule has 0 aromatic heterocycles. The minimum Gasteiger partial charge on any atom is -0.493 e. The Balaban J connectivity index is 1.26. The van der Waals surface area contributed by atoms with Gasteiger partial charge in [0.2, 0.25) is 0 Å². The molecule has 1 saturated heterocycles. The normalized spacial score (nSPS) is 23.3. The number of para-hydroxylation sites is 2. The van der Waals surface area contributed by atoms with Gasteiger partial charge in [-0.05, 0) is 42.7 Å². The Morgan fingerprint density at radius 1 is 1.08 bits per heavy atom. The van der Waals surface area contributed by atoms with E-state index >= 15 is 0 Å². The number of amides is 1. The number of anilines is 1. The van der Waals surface area contributed by atoms with Crippen LogP contribution in [-0.2, 0) is 25.5 Å². The van der Waals surface area contributed by atoms with Crippen LogP contribution in [0.2, 0.25) is 0 Å². The zero-order valence-corrected chi connectivity index (χ0v) is 21.7. The Labute approximate surface area is 218 Å². The second-order valence-electron chi connectivity index (χ2n) is 9.85. The summed E-state index contributed by atoms with van der Waals surface area (Å²) in [6.07, 6.45) is 5.01. The van der Waals surface area contributed by atoms with E-state index in [4.69, 9.17) is 18.9 Å². The molecule has 1 amide bonds. The molecule has 200 valence electrons. The first-order valence-corrected chi connectivity index (χ1v) is 13.2. The second-order valence-corrected chi connectivity index (χ2v) is 9.85. The number of unbranched alkanes of at least 4 members (excludes halogenated alkanes) is 3. The second kappa shape index (κ2) is 12.4. The molecule has 0 aliphatic carbocycles. The topological polar surface area (TPSA) is 94.5 Å². The fourth-order valence-electron chi connectivity index (χ4n) is 4.61. The highest BCUT2D eigenvalue weighted by atomic mass is 16.7. The van der Waals surface area contributed by atoms with Crippen LogP contribution in [0.15, 0.2) is 48.5 Å². The van der Waals surface area contributed by atoms with Gasteiger partial charge >= 0.3 is 5.97 Å². The van der Waals surface area contributed by atoms with Gasteiger partial charge in [0.1, 0.15) is 11.5 Å². The molecule has 4 rings (SSSR count). The van der Waals surface area contributed by atoms with Gasteiger partial charge in [0.25, 0.3) is 11.7 Å². The predicted octanol–water partition coefficient (Wildman–Crippen LogP) is 4.84. The number of carboxylic acids is 1. The molecule has 1 atom stereocenters. The van der Waals surface area contributed by atoms with Gasteiger partial charge in [-0.15, -0.1) is 0 Å². The highest BCUT2D eigenvalue weighted by Crippen LogP contribution is 2.35. The largest absolute Gasteiger partial charge is 0.493 e. The van der Waals surface area contributed by atoms with E-state index in [1.807, 2.05) is 53.4 Å². The van der Waals surface area contributed by atoms with Crippen molar-refractivity contribution in [1.29, 1.82) is 0 Å². The van der Waals surface area contributed by atoms with Gasteiger partial charge in [-0.3, -0.25) is 4.79 Å². The molecule has 0 spiro atoms. The third-order valence-electron chi connectivity index (χ3n) is 6.88. The van der Waals surface area contributed by atoms with E-state index < -0.39 is 17.9 Å². The lowest BCUT2D eigenvalue weighted by molar-refractivity contribution is -0.270. The third kappa shape index (κ3) is 6.81. The predicted molar refractivity (Wildman–Crippen MR) is 139 cm³/mol. The van der Waals surface area contributed by atoms with Crippen LogP contribution < -0.4 is 14.4 Å². The van der Waals surface area contributed by atoms with Crippen molar-refractivity contribution in [3.05, 3.63) is 54.1 Å². The first-order valence-electron chi connectivity index (χ1n) is 13.2. The number of rotatable bonds is 12. The lowest BCUT2D eigenvalue weighted by atomic mass is 9.99. The Morgan fingerprint density at radius 3 is 2.51 bits per heavy atom. The molecular formula is C29H37NO7. The maximum Gasteiger partial charge on any atom is 0.364 e. The van der Waals surface area contributed by atoms with Gasteiger partial charge in [-0.2, -0.15) is 0 Å². The summed E-state index contributed by atoms with van der Waals surface area (Å²) in [5.74, 6) is -1.14. The van der Waals surface area contributed by atoms with Crippen LogP contribution in [0.25, 0.3) is 0 Å². The van der Waals surface area contributed by atoms with Crippen molar-refractivity contribution in [2.45, 2.75) is 64.3 Å². The lowest BCUT2D eigenvalue weighted by Gasteiger charge is -2.34. The van der Waals surface area contributed by atoms with Crippen LogP contribution in [0, 0.1) is 5.92 Å². The van der Waals surface area contributed by atoms with Gasteiger partial charge in [-0.1, -0.05) is 50.5 Å². The monoisotopic (exact) mass is 511 g/mol. The molecule has 2 aromatic rings. The molecule has 0 radical (unpaired) electrons. The Hall–Kier alpha value is -3.10. The molecular weight excluding hydrogens is 474 g/mol. The SMILES string of the molecule is CCCCCCN1C(=O)C(CCOc2ccc(CC3COC(C)(C(=O)O)OC3)cc2)Oc2ccccc21. The Morgan fingerprint density at radius 2 is 1.81 bits per heavy atom. The van der Waals surface area contributed by atoms with E-state index in [1.54, 1.807) is 0 Å². The van der Waals surface area contributed by atoms with Crippen LogP contribution >= 0.6 is 0 Å². The number of carboxylic acid groups (broad SMARTS) is 1. The van der Waals surface area contributed by atoms with Crippen LogP contribution in [0.5, 0.6) is 11.5 Å². The van der Waals surface area contributed by atoms with E-state index in [9.17, 15) is 14.7 Å². The maximum atomic E-state index is 13.2. The van der Waals surface area contributed by atoms with Crippen molar-refractivity contribution in [2.75, 3.05) is 31.3 Å². The fraction of sp³-hybridized carbons (Fsp3) is 0.517. The van der Waals surface area contributed by atoms with Crippen molar-refractivity contribution < 1.29 is 33.6 Å². The summed E-state index contributed by atoms with van der Waals surface area (Å²) in [5.41, 5.74) is 1.93. The summed E-state index contributed by atoms with van der Waals surface area (Å²) >= 11 is 0.